The maximum atomic E-state index is 15.0. The predicted molar refractivity (Wildman–Crippen MR) is 162 cm³/mol. The first kappa shape index (κ1) is 32.0. The second kappa shape index (κ2) is 13.3. The number of alkyl halides is 4. The van der Waals surface area contributed by atoms with E-state index in [0.717, 1.165) is 29.5 Å². The Balaban J connectivity index is 1.20. The second-order valence-corrected chi connectivity index (χ2v) is 11.4. The number of hydrogen-bond donors (Lipinski definition) is 0. The van der Waals surface area contributed by atoms with Gasteiger partial charge in [0.1, 0.15) is 18.7 Å². The van der Waals surface area contributed by atoms with Gasteiger partial charge < -0.3 is 9.47 Å². The summed E-state index contributed by atoms with van der Waals surface area (Å²) in [6, 6.07) is 16.4. The topological polar surface area (TPSA) is 98.9 Å². The van der Waals surface area contributed by atoms with Crippen molar-refractivity contribution in [2.24, 2.45) is 4.99 Å². The maximum absolute atomic E-state index is 15.0. The number of halogens is 5. The lowest BCUT2D eigenvalue weighted by molar-refractivity contribution is -0.274. The molecule has 45 heavy (non-hydrogen) atoms. The Hall–Kier alpha value is -4.43. The standard InChI is InChI=1S/C30H24ClF4N5O4S/c1-17(2)23-12-7-20(31)13-25(23)40-26(41)15-45-28(40)37-29(42)43-14-24(32)18-3-5-19(6-4-18)27-36-16-39(38-27)21-8-10-22(11-9-21)44-30(33,34)35/h3-13,16-17,24H,14-15H2,1-2H3/b37-28-. The molecule has 0 N–H and O–H groups in total. The van der Waals surface area contributed by atoms with Crippen LogP contribution in [0.5, 0.6) is 5.75 Å². The van der Waals surface area contributed by atoms with Crippen LogP contribution in [0.25, 0.3) is 17.1 Å². The molecular formula is C30H24ClF4N5O4S. The SMILES string of the molecule is CC(C)c1ccc(Cl)cc1N1C(=O)CS/C1=N\C(=O)OCC(F)c1ccc(-c2ncn(-c3ccc(OC(F)(F)F)cc3)n2)cc1. The number of carbonyl (C=O) groups is 2. The Bertz CT molecular complexity index is 1730. The number of rotatable bonds is 8. The van der Waals surface area contributed by atoms with E-state index >= 15 is 0 Å². The Morgan fingerprint density at radius 2 is 1.80 bits per heavy atom. The number of nitrogens with zero attached hydrogens (tertiary/aromatic N) is 5. The number of thioether (sulfide) groups is 1. The van der Waals surface area contributed by atoms with E-state index in [1.165, 1.54) is 40.2 Å². The minimum absolute atomic E-state index is 0.0662. The zero-order valence-corrected chi connectivity index (χ0v) is 25.2. The molecule has 1 aliphatic heterocycles. The minimum atomic E-state index is -4.79. The third kappa shape index (κ3) is 7.81. The minimum Gasteiger partial charge on any atom is -0.444 e. The van der Waals surface area contributed by atoms with Crippen molar-refractivity contribution in [1.29, 1.82) is 0 Å². The molecule has 5 rings (SSSR count). The maximum Gasteiger partial charge on any atom is 0.573 e. The highest BCUT2D eigenvalue weighted by Crippen LogP contribution is 2.35. The van der Waals surface area contributed by atoms with Crippen LogP contribution in [-0.4, -0.2) is 50.7 Å². The summed E-state index contributed by atoms with van der Waals surface area (Å²) in [6.07, 6.45) is -6.12. The van der Waals surface area contributed by atoms with E-state index in [9.17, 15) is 27.2 Å². The zero-order chi connectivity index (χ0) is 32.3. The quantitative estimate of drug-likeness (QED) is 0.177. The number of aliphatic imine (C=N–C) groups is 1. The second-order valence-electron chi connectivity index (χ2n) is 9.99. The van der Waals surface area contributed by atoms with Gasteiger partial charge in [-0.2, -0.15) is 4.99 Å². The van der Waals surface area contributed by atoms with Gasteiger partial charge in [-0.3, -0.25) is 9.69 Å². The first-order valence-electron chi connectivity index (χ1n) is 13.4. The van der Waals surface area contributed by atoms with Crippen molar-refractivity contribution in [3.8, 4) is 22.8 Å². The number of benzene rings is 3. The number of carbonyl (C=O) groups excluding carboxylic acids is 2. The third-order valence-electron chi connectivity index (χ3n) is 6.52. The van der Waals surface area contributed by atoms with Crippen LogP contribution >= 0.6 is 23.4 Å². The van der Waals surface area contributed by atoms with Gasteiger partial charge in [0.25, 0.3) is 0 Å². The number of anilines is 1. The molecule has 0 saturated carbocycles. The number of ether oxygens (including phenoxy) is 2. The van der Waals surface area contributed by atoms with Crippen molar-refractivity contribution in [2.45, 2.75) is 32.3 Å². The monoisotopic (exact) mass is 661 g/mol. The highest BCUT2D eigenvalue weighted by Gasteiger charge is 2.33. The van der Waals surface area contributed by atoms with Crippen molar-refractivity contribution < 1.29 is 36.6 Å². The molecule has 3 aromatic carbocycles. The summed E-state index contributed by atoms with van der Waals surface area (Å²) in [4.78, 5) is 34.6. The first-order chi connectivity index (χ1) is 21.4. The Morgan fingerprint density at radius 3 is 2.47 bits per heavy atom. The van der Waals surface area contributed by atoms with Crippen LogP contribution in [0.15, 0.2) is 78.0 Å². The smallest absolute Gasteiger partial charge is 0.444 e. The summed E-state index contributed by atoms with van der Waals surface area (Å²) in [5.41, 5.74) is 2.60. The number of amides is 2. The molecule has 2 amide bonds. The molecule has 4 aromatic rings. The molecule has 1 saturated heterocycles. The summed E-state index contributed by atoms with van der Waals surface area (Å²) in [7, 11) is 0. The van der Waals surface area contributed by atoms with Crippen molar-refractivity contribution in [3.63, 3.8) is 0 Å². The van der Waals surface area contributed by atoms with E-state index in [-0.39, 0.29) is 34.1 Å². The first-order valence-corrected chi connectivity index (χ1v) is 14.8. The molecule has 15 heteroatoms. The van der Waals surface area contributed by atoms with Crippen LogP contribution in [0.2, 0.25) is 5.02 Å². The molecule has 0 aliphatic carbocycles. The van der Waals surface area contributed by atoms with Crippen LogP contribution in [0.3, 0.4) is 0 Å². The fourth-order valence-electron chi connectivity index (χ4n) is 4.39. The Labute approximate surface area is 263 Å². The third-order valence-corrected chi connectivity index (χ3v) is 7.68. The lowest BCUT2D eigenvalue weighted by atomic mass is 10.0. The molecular weight excluding hydrogens is 638 g/mol. The normalized spacial score (nSPS) is 15.2. The number of amidine groups is 1. The van der Waals surface area contributed by atoms with Gasteiger partial charge in [-0.15, -0.1) is 18.3 Å². The van der Waals surface area contributed by atoms with E-state index in [0.29, 0.717) is 27.8 Å². The fraction of sp³-hybridized carbons (Fsp3) is 0.233. The van der Waals surface area contributed by atoms with Crippen molar-refractivity contribution in [1.82, 2.24) is 14.8 Å². The average Bonchev–Trinajstić information content (AvgIpc) is 3.62. The van der Waals surface area contributed by atoms with E-state index < -0.39 is 25.2 Å². The van der Waals surface area contributed by atoms with Crippen LogP contribution in [0, 0.1) is 0 Å². The summed E-state index contributed by atoms with van der Waals surface area (Å²) in [5, 5.41) is 4.86. The lowest BCUT2D eigenvalue weighted by Gasteiger charge is -2.21. The lowest BCUT2D eigenvalue weighted by Crippen LogP contribution is -2.31. The Morgan fingerprint density at radius 1 is 1.09 bits per heavy atom. The Kier molecular flexibility index (Phi) is 9.44. The largest absolute Gasteiger partial charge is 0.573 e. The van der Waals surface area contributed by atoms with Crippen molar-refractivity contribution in [2.75, 3.05) is 17.3 Å². The molecule has 2 heterocycles. The van der Waals surface area contributed by atoms with E-state index in [1.54, 1.807) is 24.3 Å². The van der Waals surface area contributed by atoms with Crippen LogP contribution < -0.4 is 9.64 Å². The van der Waals surface area contributed by atoms with Gasteiger partial charge in [0.15, 0.2) is 17.2 Å². The molecule has 234 valence electrons. The van der Waals surface area contributed by atoms with Gasteiger partial charge in [0, 0.05) is 10.6 Å². The molecule has 1 aromatic heterocycles. The predicted octanol–water partition coefficient (Wildman–Crippen LogP) is 7.89. The van der Waals surface area contributed by atoms with Gasteiger partial charge in [0.2, 0.25) is 5.91 Å². The van der Waals surface area contributed by atoms with Crippen LogP contribution in [-0.2, 0) is 9.53 Å². The molecule has 0 spiro atoms. The van der Waals surface area contributed by atoms with Crippen molar-refractivity contribution >= 4 is 46.2 Å². The van der Waals surface area contributed by atoms with Crippen molar-refractivity contribution in [3.05, 3.63) is 89.2 Å². The van der Waals surface area contributed by atoms with Gasteiger partial charge in [-0.1, -0.05) is 67.5 Å². The molecule has 0 radical (unpaired) electrons. The summed E-state index contributed by atoms with van der Waals surface area (Å²) < 4.78 is 62.4. The molecule has 1 atom stereocenters. The number of hydrogen-bond acceptors (Lipinski definition) is 7. The van der Waals surface area contributed by atoms with Gasteiger partial charge in [0.05, 0.1) is 17.1 Å². The molecule has 1 unspecified atom stereocenters. The summed E-state index contributed by atoms with van der Waals surface area (Å²) in [5.74, 6) is -0.204. The highest BCUT2D eigenvalue weighted by molar-refractivity contribution is 8.15. The molecule has 1 fully saturated rings. The average molecular weight is 662 g/mol. The zero-order valence-electron chi connectivity index (χ0n) is 23.7. The summed E-state index contributed by atoms with van der Waals surface area (Å²) >= 11 is 7.25. The van der Waals surface area contributed by atoms with E-state index in [4.69, 9.17) is 16.3 Å². The van der Waals surface area contributed by atoms with Gasteiger partial charge in [-0.05, 0) is 53.4 Å². The molecule has 1 aliphatic rings. The van der Waals surface area contributed by atoms with E-state index in [1.807, 2.05) is 19.9 Å². The van der Waals surface area contributed by atoms with Crippen LogP contribution in [0.4, 0.5) is 28.0 Å². The number of aromatic nitrogens is 3. The fourth-order valence-corrected chi connectivity index (χ4v) is 5.41. The van der Waals surface area contributed by atoms with E-state index in [2.05, 4.69) is 19.8 Å². The van der Waals surface area contributed by atoms with Gasteiger partial charge in [-0.25, -0.2) is 18.9 Å². The highest BCUT2D eigenvalue weighted by atomic mass is 35.5. The molecule has 9 nitrogen and oxygen atoms in total. The molecule has 0 bridgehead atoms. The van der Waals surface area contributed by atoms with Gasteiger partial charge >= 0.3 is 12.5 Å². The summed E-state index contributed by atoms with van der Waals surface area (Å²) in [6.45, 7) is 3.32. The van der Waals surface area contributed by atoms with Crippen LogP contribution in [0.1, 0.15) is 37.1 Å².